The summed E-state index contributed by atoms with van der Waals surface area (Å²) in [6.07, 6.45) is 1.58. The van der Waals surface area contributed by atoms with E-state index < -0.39 is 4.92 Å². The predicted molar refractivity (Wildman–Crippen MR) is 67.1 cm³/mol. The molecule has 2 N–H and O–H groups in total. The molecule has 0 saturated carbocycles. The minimum Gasteiger partial charge on any atom is -0.382 e. The van der Waals surface area contributed by atoms with Crippen LogP contribution in [0.5, 0.6) is 0 Å². The molecule has 0 radical (unpaired) electrons. The molecular weight excluding hydrogens is 288 g/mol. The van der Waals surface area contributed by atoms with Gasteiger partial charge in [-0.2, -0.15) is 5.10 Å². The van der Waals surface area contributed by atoms with Crippen molar-refractivity contribution in [3.05, 3.63) is 44.5 Å². The number of halogens is 1. The highest BCUT2D eigenvalue weighted by Gasteiger charge is 2.20. The lowest BCUT2D eigenvalue weighted by molar-refractivity contribution is -0.384. The number of nitrogens with two attached hydrogens (primary N) is 1. The molecule has 0 amide bonds. The second-order valence-corrected chi connectivity index (χ2v) is 4.41. The molecule has 88 valence electrons. The summed E-state index contributed by atoms with van der Waals surface area (Å²) < 4.78 is 1.99. The maximum Gasteiger partial charge on any atom is 0.296 e. The summed E-state index contributed by atoms with van der Waals surface area (Å²) in [4.78, 5) is 10.6. The number of aryl methyl sites for hydroxylation is 1. The summed E-state index contributed by atoms with van der Waals surface area (Å²) >= 11 is 3.31. The Morgan fingerprint density at radius 1 is 1.53 bits per heavy atom. The van der Waals surface area contributed by atoms with Crippen LogP contribution >= 0.6 is 15.9 Å². The molecule has 0 aliphatic carbocycles. The SMILES string of the molecule is Cc1cc(Br)c(-n2ccc(N)n2)c([N+](=O)[O-])c1. The summed E-state index contributed by atoms with van der Waals surface area (Å²) in [7, 11) is 0. The lowest BCUT2D eigenvalue weighted by Crippen LogP contribution is -2.03. The van der Waals surface area contributed by atoms with Gasteiger partial charge in [0.15, 0.2) is 5.69 Å². The van der Waals surface area contributed by atoms with E-state index in [0.29, 0.717) is 16.0 Å². The average Bonchev–Trinajstić information content (AvgIpc) is 2.63. The molecule has 0 atom stereocenters. The van der Waals surface area contributed by atoms with Gasteiger partial charge in [-0.15, -0.1) is 0 Å². The molecule has 2 rings (SSSR count). The second-order valence-electron chi connectivity index (χ2n) is 3.56. The molecule has 0 bridgehead atoms. The van der Waals surface area contributed by atoms with Crippen molar-refractivity contribution >= 4 is 27.4 Å². The van der Waals surface area contributed by atoms with Crippen molar-refractivity contribution in [2.24, 2.45) is 0 Å². The van der Waals surface area contributed by atoms with Crippen molar-refractivity contribution in [2.45, 2.75) is 6.92 Å². The Morgan fingerprint density at radius 3 is 2.76 bits per heavy atom. The Kier molecular flexibility index (Phi) is 2.84. The first-order valence-corrected chi connectivity index (χ1v) is 5.54. The van der Waals surface area contributed by atoms with Crippen molar-refractivity contribution < 1.29 is 4.92 Å². The number of hydrogen-bond acceptors (Lipinski definition) is 4. The van der Waals surface area contributed by atoms with Gasteiger partial charge in [0.25, 0.3) is 5.69 Å². The van der Waals surface area contributed by atoms with Crippen LogP contribution in [0.25, 0.3) is 5.69 Å². The summed E-state index contributed by atoms with van der Waals surface area (Å²) in [6, 6.07) is 4.87. The third-order valence-electron chi connectivity index (χ3n) is 2.22. The van der Waals surface area contributed by atoms with Crippen LogP contribution < -0.4 is 5.73 Å². The van der Waals surface area contributed by atoms with E-state index in [2.05, 4.69) is 21.0 Å². The van der Waals surface area contributed by atoms with Gasteiger partial charge in [0.1, 0.15) is 5.82 Å². The molecule has 17 heavy (non-hydrogen) atoms. The van der Waals surface area contributed by atoms with Crippen LogP contribution in [0.3, 0.4) is 0 Å². The number of benzene rings is 1. The van der Waals surface area contributed by atoms with Crippen LogP contribution in [0.2, 0.25) is 0 Å². The van der Waals surface area contributed by atoms with Gasteiger partial charge in [-0.05, 0) is 34.5 Å². The van der Waals surface area contributed by atoms with Crippen LogP contribution in [0.1, 0.15) is 5.56 Å². The van der Waals surface area contributed by atoms with Gasteiger partial charge < -0.3 is 5.73 Å². The zero-order chi connectivity index (χ0) is 12.6. The van der Waals surface area contributed by atoms with Gasteiger partial charge in [-0.25, -0.2) is 4.68 Å². The minimum atomic E-state index is -0.440. The first kappa shape index (κ1) is 11.6. The summed E-state index contributed by atoms with van der Waals surface area (Å²) in [5, 5.41) is 15.0. The third-order valence-corrected chi connectivity index (χ3v) is 2.83. The molecule has 1 aromatic carbocycles. The topological polar surface area (TPSA) is 87.0 Å². The highest BCUT2D eigenvalue weighted by molar-refractivity contribution is 9.10. The van der Waals surface area contributed by atoms with Crippen molar-refractivity contribution in [1.82, 2.24) is 9.78 Å². The Bertz CT molecular complexity index is 594. The lowest BCUT2D eigenvalue weighted by atomic mass is 10.2. The zero-order valence-corrected chi connectivity index (χ0v) is 10.5. The third kappa shape index (κ3) is 2.14. The second kappa shape index (κ2) is 4.17. The minimum absolute atomic E-state index is 0.0139. The molecular formula is C10H9BrN4O2. The Hall–Kier alpha value is -1.89. The van der Waals surface area contributed by atoms with Crippen molar-refractivity contribution in [3.8, 4) is 5.69 Å². The summed E-state index contributed by atoms with van der Waals surface area (Å²) in [5.41, 5.74) is 6.66. The molecule has 1 heterocycles. The first-order chi connectivity index (χ1) is 7.99. The largest absolute Gasteiger partial charge is 0.382 e. The molecule has 7 heteroatoms. The van der Waals surface area contributed by atoms with Gasteiger partial charge in [-0.1, -0.05) is 0 Å². The molecule has 0 saturated heterocycles. The molecule has 6 nitrogen and oxygen atoms in total. The number of anilines is 1. The molecule has 2 aromatic rings. The number of nitrogens with zero attached hydrogens (tertiary/aromatic N) is 3. The van der Waals surface area contributed by atoms with E-state index in [1.165, 1.54) is 10.7 Å². The number of aromatic nitrogens is 2. The zero-order valence-electron chi connectivity index (χ0n) is 8.92. The fourth-order valence-electron chi connectivity index (χ4n) is 1.54. The molecule has 1 aromatic heterocycles. The number of hydrogen-bond donors (Lipinski definition) is 1. The van der Waals surface area contributed by atoms with E-state index in [4.69, 9.17) is 5.73 Å². The number of nitro groups is 1. The first-order valence-electron chi connectivity index (χ1n) is 4.75. The average molecular weight is 297 g/mol. The van der Waals surface area contributed by atoms with Crippen molar-refractivity contribution in [2.75, 3.05) is 5.73 Å². The highest BCUT2D eigenvalue weighted by atomic mass is 79.9. The number of rotatable bonds is 2. The van der Waals surface area contributed by atoms with Gasteiger partial charge in [0.2, 0.25) is 0 Å². The van der Waals surface area contributed by atoms with E-state index in [9.17, 15) is 10.1 Å². The van der Waals surface area contributed by atoms with Gasteiger partial charge >= 0.3 is 0 Å². The van der Waals surface area contributed by atoms with Crippen LogP contribution in [0.4, 0.5) is 11.5 Å². The van der Waals surface area contributed by atoms with Crippen LogP contribution in [-0.2, 0) is 0 Å². The Morgan fingerprint density at radius 2 is 2.24 bits per heavy atom. The Balaban J connectivity index is 2.71. The fraction of sp³-hybridized carbons (Fsp3) is 0.100. The van der Waals surface area contributed by atoms with Crippen LogP contribution in [-0.4, -0.2) is 14.7 Å². The monoisotopic (exact) mass is 296 g/mol. The van der Waals surface area contributed by atoms with E-state index >= 15 is 0 Å². The van der Waals surface area contributed by atoms with E-state index in [-0.39, 0.29) is 5.69 Å². The maximum absolute atomic E-state index is 11.0. The standard InChI is InChI=1S/C10H9BrN4O2/c1-6-4-7(11)10(8(5-6)15(16)17)14-3-2-9(12)13-14/h2-5H,1H3,(H2,12,13). The summed E-state index contributed by atoms with van der Waals surface area (Å²) in [6.45, 7) is 1.79. The molecule has 0 fully saturated rings. The molecule has 0 aliphatic heterocycles. The van der Waals surface area contributed by atoms with Crippen molar-refractivity contribution in [3.63, 3.8) is 0 Å². The van der Waals surface area contributed by atoms with Gasteiger partial charge in [0, 0.05) is 18.3 Å². The molecule has 0 aliphatic rings. The summed E-state index contributed by atoms with van der Waals surface area (Å²) in [5.74, 6) is 0.312. The van der Waals surface area contributed by atoms with Gasteiger partial charge in [0.05, 0.1) is 9.40 Å². The highest BCUT2D eigenvalue weighted by Crippen LogP contribution is 2.31. The Labute approximate surface area is 105 Å². The van der Waals surface area contributed by atoms with Gasteiger partial charge in [-0.3, -0.25) is 10.1 Å². The lowest BCUT2D eigenvalue weighted by Gasteiger charge is -2.06. The molecule has 0 spiro atoms. The van der Waals surface area contributed by atoms with Crippen molar-refractivity contribution in [1.29, 1.82) is 0 Å². The van der Waals surface area contributed by atoms with E-state index in [1.807, 2.05) is 0 Å². The van der Waals surface area contributed by atoms with Crippen LogP contribution in [0.15, 0.2) is 28.9 Å². The predicted octanol–water partition coefficient (Wildman–Crippen LogP) is 2.43. The quantitative estimate of drug-likeness (QED) is 0.681. The number of nitrogen functional groups attached to an aromatic ring is 1. The van der Waals surface area contributed by atoms with Crippen LogP contribution in [0, 0.1) is 17.0 Å². The van der Waals surface area contributed by atoms with E-state index in [0.717, 1.165) is 5.56 Å². The van der Waals surface area contributed by atoms with E-state index in [1.54, 1.807) is 25.3 Å². The smallest absolute Gasteiger partial charge is 0.296 e. The number of nitro benzene ring substituents is 1. The molecule has 0 unspecified atom stereocenters. The maximum atomic E-state index is 11.0. The fourth-order valence-corrected chi connectivity index (χ4v) is 2.29. The normalized spacial score (nSPS) is 10.5.